The van der Waals surface area contributed by atoms with Crippen LogP contribution in [0, 0.1) is 5.82 Å². The first-order chi connectivity index (χ1) is 8.08. The van der Waals surface area contributed by atoms with E-state index in [1.807, 2.05) is 0 Å². The number of amides is 1. The van der Waals surface area contributed by atoms with E-state index in [1.54, 1.807) is 24.0 Å². The largest absolute Gasteiger partial charge is 0.334 e. The molecule has 1 atom stereocenters. The fourth-order valence-corrected chi connectivity index (χ4v) is 1.82. The second kappa shape index (κ2) is 6.16. The summed E-state index contributed by atoms with van der Waals surface area (Å²) in [5, 5.41) is 0. The molecule has 0 aromatic heterocycles. The standard InChI is InChI=1S/C13H17FN2O.ClH/c1-9(15)13(17)16(12-6-7-12)8-10-2-4-11(14)5-3-10;/h2-5,9,12H,6-8,15H2,1H3;1H/t9-;/m0./s1. The number of nitrogens with zero attached hydrogens (tertiary/aromatic N) is 1. The van der Waals surface area contributed by atoms with E-state index in [-0.39, 0.29) is 24.1 Å². The van der Waals surface area contributed by atoms with Gasteiger partial charge in [-0.2, -0.15) is 0 Å². The Balaban J connectivity index is 0.00000162. The van der Waals surface area contributed by atoms with Crippen molar-refractivity contribution in [3.8, 4) is 0 Å². The van der Waals surface area contributed by atoms with Gasteiger partial charge < -0.3 is 10.6 Å². The van der Waals surface area contributed by atoms with Gasteiger partial charge >= 0.3 is 0 Å². The highest BCUT2D eigenvalue weighted by molar-refractivity contribution is 5.85. The van der Waals surface area contributed by atoms with Gasteiger partial charge in [-0.25, -0.2) is 4.39 Å². The molecule has 1 saturated carbocycles. The van der Waals surface area contributed by atoms with Crippen LogP contribution in [-0.2, 0) is 11.3 Å². The quantitative estimate of drug-likeness (QED) is 0.912. The maximum atomic E-state index is 12.8. The maximum absolute atomic E-state index is 12.8. The van der Waals surface area contributed by atoms with Crippen molar-refractivity contribution in [2.45, 2.75) is 38.4 Å². The monoisotopic (exact) mass is 272 g/mol. The number of carbonyl (C=O) groups excluding carboxylic acids is 1. The molecule has 1 amide bonds. The summed E-state index contributed by atoms with van der Waals surface area (Å²) in [5.41, 5.74) is 6.57. The zero-order chi connectivity index (χ0) is 12.4. The first-order valence-electron chi connectivity index (χ1n) is 5.88. The summed E-state index contributed by atoms with van der Waals surface area (Å²) in [5.74, 6) is -0.290. The van der Waals surface area contributed by atoms with Gasteiger partial charge in [0.2, 0.25) is 5.91 Å². The molecule has 2 rings (SSSR count). The molecule has 1 aliphatic carbocycles. The fraction of sp³-hybridized carbons (Fsp3) is 0.462. The Bertz CT molecular complexity index is 404. The minimum atomic E-state index is -0.476. The van der Waals surface area contributed by atoms with Crippen molar-refractivity contribution in [1.29, 1.82) is 0 Å². The Morgan fingerprint density at radius 3 is 2.44 bits per heavy atom. The third kappa shape index (κ3) is 3.68. The van der Waals surface area contributed by atoms with Gasteiger partial charge in [-0.1, -0.05) is 12.1 Å². The molecule has 3 nitrogen and oxygen atoms in total. The lowest BCUT2D eigenvalue weighted by atomic mass is 10.2. The molecule has 0 spiro atoms. The number of nitrogens with two attached hydrogens (primary N) is 1. The summed E-state index contributed by atoms with van der Waals surface area (Å²) in [6.45, 7) is 2.22. The Morgan fingerprint density at radius 2 is 2.00 bits per heavy atom. The molecule has 0 bridgehead atoms. The molecule has 0 aliphatic heterocycles. The lowest BCUT2D eigenvalue weighted by molar-refractivity contribution is -0.133. The Kier molecular flexibility index (Phi) is 5.11. The first-order valence-corrected chi connectivity index (χ1v) is 5.88. The van der Waals surface area contributed by atoms with E-state index < -0.39 is 6.04 Å². The number of benzene rings is 1. The normalized spacial score (nSPS) is 15.7. The molecule has 5 heteroatoms. The molecule has 0 unspecified atom stereocenters. The zero-order valence-electron chi connectivity index (χ0n) is 10.3. The molecule has 0 radical (unpaired) electrons. The second-order valence-electron chi connectivity index (χ2n) is 4.61. The van der Waals surface area contributed by atoms with Gasteiger partial charge in [-0.15, -0.1) is 12.4 Å². The van der Waals surface area contributed by atoms with Crippen molar-refractivity contribution in [2.24, 2.45) is 5.73 Å². The number of rotatable bonds is 4. The van der Waals surface area contributed by atoms with E-state index >= 15 is 0 Å². The molecule has 1 aliphatic rings. The van der Waals surface area contributed by atoms with Crippen LogP contribution < -0.4 is 5.73 Å². The van der Waals surface area contributed by atoms with Crippen LogP contribution in [0.1, 0.15) is 25.3 Å². The molecule has 1 aromatic rings. The average Bonchev–Trinajstić information content (AvgIpc) is 3.11. The number of halogens is 2. The Hall–Kier alpha value is -1.13. The number of hydrogen-bond acceptors (Lipinski definition) is 2. The SMILES string of the molecule is C[C@H](N)C(=O)N(Cc1ccc(F)cc1)C1CC1.Cl. The third-order valence-electron chi connectivity index (χ3n) is 2.93. The smallest absolute Gasteiger partial charge is 0.239 e. The van der Waals surface area contributed by atoms with E-state index in [9.17, 15) is 9.18 Å². The highest BCUT2D eigenvalue weighted by atomic mass is 35.5. The van der Waals surface area contributed by atoms with Crippen molar-refractivity contribution in [1.82, 2.24) is 4.90 Å². The topological polar surface area (TPSA) is 46.3 Å². The molecule has 2 N–H and O–H groups in total. The van der Waals surface area contributed by atoms with Gasteiger partial charge in [0, 0.05) is 12.6 Å². The third-order valence-corrected chi connectivity index (χ3v) is 2.93. The highest BCUT2D eigenvalue weighted by Gasteiger charge is 2.33. The van der Waals surface area contributed by atoms with Crippen LogP contribution in [0.3, 0.4) is 0 Å². The minimum Gasteiger partial charge on any atom is -0.334 e. The summed E-state index contributed by atoms with van der Waals surface area (Å²) in [4.78, 5) is 13.7. The van der Waals surface area contributed by atoms with Crippen LogP contribution in [0.25, 0.3) is 0 Å². The average molecular weight is 273 g/mol. The van der Waals surface area contributed by atoms with Crippen LogP contribution in [-0.4, -0.2) is 22.9 Å². The van der Waals surface area contributed by atoms with Crippen LogP contribution in [0.15, 0.2) is 24.3 Å². The molecule has 0 saturated heterocycles. The van der Waals surface area contributed by atoms with Gasteiger partial charge in [-0.3, -0.25) is 4.79 Å². The zero-order valence-corrected chi connectivity index (χ0v) is 11.1. The van der Waals surface area contributed by atoms with Crippen LogP contribution >= 0.6 is 12.4 Å². The van der Waals surface area contributed by atoms with Crippen molar-refractivity contribution in [3.05, 3.63) is 35.6 Å². The number of hydrogen-bond donors (Lipinski definition) is 1. The van der Waals surface area contributed by atoms with Crippen molar-refractivity contribution < 1.29 is 9.18 Å². The Labute approximate surface area is 113 Å². The predicted octanol–water partition coefficient (Wildman–Crippen LogP) is 2.09. The molecule has 100 valence electrons. The predicted molar refractivity (Wildman–Crippen MR) is 70.9 cm³/mol. The van der Waals surface area contributed by atoms with E-state index in [4.69, 9.17) is 5.73 Å². The van der Waals surface area contributed by atoms with E-state index in [1.165, 1.54) is 12.1 Å². The molecule has 1 fully saturated rings. The molecular weight excluding hydrogens is 255 g/mol. The van der Waals surface area contributed by atoms with E-state index in [2.05, 4.69) is 0 Å². The van der Waals surface area contributed by atoms with Gasteiger partial charge in [-0.05, 0) is 37.5 Å². The van der Waals surface area contributed by atoms with Crippen LogP contribution in [0.2, 0.25) is 0 Å². The molecular formula is C13H18ClFN2O. The van der Waals surface area contributed by atoms with Gasteiger partial charge in [0.1, 0.15) is 5.82 Å². The highest BCUT2D eigenvalue weighted by Crippen LogP contribution is 2.28. The van der Waals surface area contributed by atoms with E-state index in [0.717, 1.165) is 18.4 Å². The second-order valence-corrected chi connectivity index (χ2v) is 4.61. The summed E-state index contributed by atoms with van der Waals surface area (Å²) < 4.78 is 12.8. The maximum Gasteiger partial charge on any atom is 0.239 e. The first kappa shape index (κ1) is 14.9. The van der Waals surface area contributed by atoms with Crippen LogP contribution in [0.5, 0.6) is 0 Å². The molecule has 18 heavy (non-hydrogen) atoms. The van der Waals surface area contributed by atoms with Crippen molar-refractivity contribution in [2.75, 3.05) is 0 Å². The van der Waals surface area contributed by atoms with Gasteiger partial charge in [0.25, 0.3) is 0 Å². The van der Waals surface area contributed by atoms with Crippen molar-refractivity contribution >= 4 is 18.3 Å². The molecule has 1 aromatic carbocycles. The van der Waals surface area contributed by atoms with Crippen LogP contribution in [0.4, 0.5) is 4.39 Å². The summed E-state index contributed by atoms with van der Waals surface area (Å²) in [7, 11) is 0. The van der Waals surface area contributed by atoms with Crippen molar-refractivity contribution in [3.63, 3.8) is 0 Å². The number of carbonyl (C=O) groups is 1. The fourth-order valence-electron chi connectivity index (χ4n) is 1.82. The Morgan fingerprint density at radius 1 is 1.44 bits per heavy atom. The van der Waals surface area contributed by atoms with E-state index in [0.29, 0.717) is 12.6 Å². The molecule has 0 heterocycles. The minimum absolute atomic E-state index is 0. The van der Waals surface area contributed by atoms with Gasteiger partial charge in [0.05, 0.1) is 6.04 Å². The summed E-state index contributed by atoms with van der Waals surface area (Å²) >= 11 is 0. The van der Waals surface area contributed by atoms with Gasteiger partial charge in [0.15, 0.2) is 0 Å². The summed E-state index contributed by atoms with van der Waals surface area (Å²) in [6, 6.07) is 6.08. The summed E-state index contributed by atoms with van der Waals surface area (Å²) in [6.07, 6.45) is 2.08. The lowest BCUT2D eigenvalue weighted by Gasteiger charge is -2.24. The lowest BCUT2D eigenvalue weighted by Crippen LogP contribution is -2.42.